The zero-order chi connectivity index (χ0) is 17.3. The number of carbonyl (C=O) groups is 2. The van der Waals surface area contributed by atoms with Crippen LogP contribution in [0.5, 0.6) is 0 Å². The number of halogens is 1. The Morgan fingerprint density at radius 3 is 2.48 bits per heavy atom. The number of benzene rings is 1. The molecule has 0 aromatic heterocycles. The van der Waals surface area contributed by atoms with Gasteiger partial charge in [-0.2, -0.15) is 4.72 Å². The molecule has 0 unspecified atom stereocenters. The minimum atomic E-state index is -3.96. The number of methoxy groups -OCH3 is 1. The predicted octanol–water partition coefficient (Wildman–Crippen LogP) is -0.590. The first-order valence-electron chi connectivity index (χ1n) is 6.51. The molecule has 1 amide bonds. The van der Waals surface area contributed by atoms with Gasteiger partial charge in [0.1, 0.15) is 12.4 Å². The Bertz CT molecular complexity index is 632. The highest BCUT2D eigenvalue weighted by atomic mass is 32.2. The fourth-order valence-corrected chi connectivity index (χ4v) is 2.36. The minimum Gasteiger partial charge on any atom is -0.455 e. The van der Waals surface area contributed by atoms with Crippen LogP contribution in [0.1, 0.15) is 0 Å². The molecule has 0 saturated heterocycles. The van der Waals surface area contributed by atoms with Crippen LogP contribution in [0.25, 0.3) is 0 Å². The van der Waals surface area contributed by atoms with Gasteiger partial charge in [-0.3, -0.25) is 9.59 Å². The molecule has 1 rings (SSSR count). The summed E-state index contributed by atoms with van der Waals surface area (Å²) in [5.74, 6) is -2.03. The number of carbonyl (C=O) groups excluding carboxylic acids is 2. The summed E-state index contributed by atoms with van der Waals surface area (Å²) in [5, 5.41) is 2.43. The van der Waals surface area contributed by atoms with Crippen molar-refractivity contribution in [1.29, 1.82) is 0 Å². The van der Waals surface area contributed by atoms with Crippen molar-refractivity contribution in [3.63, 3.8) is 0 Å². The van der Waals surface area contributed by atoms with Gasteiger partial charge in [0.15, 0.2) is 6.61 Å². The van der Waals surface area contributed by atoms with Crippen LogP contribution in [0.15, 0.2) is 29.2 Å². The third-order valence-electron chi connectivity index (χ3n) is 2.52. The lowest BCUT2D eigenvalue weighted by molar-refractivity contribution is -0.147. The first-order chi connectivity index (χ1) is 10.8. The molecule has 0 aliphatic carbocycles. The van der Waals surface area contributed by atoms with Gasteiger partial charge in [-0.05, 0) is 24.3 Å². The molecule has 23 heavy (non-hydrogen) atoms. The highest BCUT2D eigenvalue weighted by molar-refractivity contribution is 7.89. The summed E-state index contributed by atoms with van der Waals surface area (Å²) in [4.78, 5) is 22.5. The quantitative estimate of drug-likeness (QED) is 0.456. The van der Waals surface area contributed by atoms with Gasteiger partial charge in [-0.15, -0.1) is 0 Å². The molecule has 2 N–H and O–H groups in total. The van der Waals surface area contributed by atoms with Crippen LogP contribution in [0.4, 0.5) is 4.39 Å². The van der Waals surface area contributed by atoms with E-state index in [0.29, 0.717) is 6.61 Å². The van der Waals surface area contributed by atoms with E-state index in [1.165, 1.54) is 7.11 Å². The van der Waals surface area contributed by atoms with E-state index in [1.54, 1.807) is 0 Å². The Labute approximate surface area is 133 Å². The Morgan fingerprint density at radius 1 is 1.22 bits per heavy atom. The zero-order valence-corrected chi connectivity index (χ0v) is 13.2. The van der Waals surface area contributed by atoms with Crippen molar-refractivity contribution in [1.82, 2.24) is 10.0 Å². The summed E-state index contributed by atoms with van der Waals surface area (Å²) in [6.07, 6.45) is 0. The van der Waals surface area contributed by atoms with Crippen molar-refractivity contribution < 1.29 is 31.9 Å². The van der Waals surface area contributed by atoms with Crippen molar-refractivity contribution in [2.24, 2.45) is 0 Å². The summed E-state index contributed by atoms with van der Waals surface area (Å²) < 4.78 is 47.7. The Kier molecular flexibility index (Phi) is 7.59. The van der Waals surface area contributed by atoms with Crippen LogP contribution in [0.3, 0.4) is 0 Å². The lowest BCUT2D eigenvalue weighted by Crippen LogP contribution is -2.34. The first kappa shape index (κ1) is 19.0. The van der Waals surface area contributed by atoms with Crippen molar-refractivity contribution in [2.45, 2.75) is 4.90 Å². The maximum Gasteiger partial charge on any atom is 0.321 e. The fraction of sp³-hybridized carbons (Fsp3) is 0.385. The van der Waals surface area contributed by atoms with Crippen LogP contribution in [0.2, 0.25) is 0 Å². The molecule has 0 atom stereocenters. The number of ether oxygens (including phenoxy) is 2. The number of rotatable bonds is 9. The first-order valence-corrected chi connectivity index (χ1v) is 8.00. The van der Waals surface area contributed by atoms with Gasteiger partial charge < -0.3 is 14.8 Å². The number of amides is 1. The van der Waals surface area contributed by atoms with Crippen LogP contribution >= 0.6 is 0 Å². The number of hydrogen-bond acceptors (Lipinski definition) is 6. The van der Waals surface area contributed by atoms with Gasteiger partial charge in [0.2, 0.25) is 10.0 Å². The second kappa shape index (κ2) is 9.18. The molecule has 0 aliphatic heterocycles. The van der Waals surface area contributed by atoms with Gasteiger partial charge in [-0.25, -0.2) is 12.8 Å². The lowest BCUT2D eigenvalue weighted by atomic mass is 10.4. The van der Waals surface area contributed by atoms with E-state index in [-0.39, 0.29) is 11.4 Å². The van der Waals surface area contributed by atoms with E-state index in [9.17, 15) is 22.4 Å². The van der Waals surface area contributed by atoms with Crippen molar-refractivity contribution in [3.8, 4) is 0 Å². The molecular weight excluding hydrogens is 331 g/mol. The predicted molar refractivity (Wildman–Crippen MR) is 77.4 cm³/mol. The normalized spacial score (nSPS) is 11.0. The monoisotopic (exact) mass is 348 g/mol. The van der Waals surface area contributed by atoms with Gasteiger partial charge in [0.05, 0.1) is 11.5 Å². The second-order valence-electron chi connectivity index (χ2n) is 4.28. The Hall–Kier alpha value is -2.04. The molecule has 0 bridgehead atoms. The van der Waals surface area contributed by atoms with Crippen molar-refractivity contribution in [3.05, 3.63) is 30.1 Å². The Balaban J connectivity index is 2.37. The van der Waals surface area contributed by atoms with Crippen LogP contribution in [-0.2, 0) is 29.1 Å². The van der Waals surface area contributed by atoms with E-state index in [0.717, 1.165) is 24.3 Å². The van der Waals surface area contributed by atoms with E-state index < -0.39 is 40.9 Å². The zero-order valence-electron chi connectivity index (χ0n) is 12.4. The molecule has 0 fully saturated rings. The molecule has 0 saturated carbocycles. The highest BCUT2D eigenvalue weighted by Crippen LogP contribution is 2.09. The fourth-order valence-electron chi connectivity index (χ4n) is 1.39. The van der Waals surface area contributed by atoms with E-state index in [4.69, 9.17) is 4.74 Å². The van der Waals surface area contributed by atoms with Gasteiger partial charge in [-0.1, -0.05) is 0 Å². The molecule has 10 heteroatoms. The molecule has 8 nitrogen and oxygen atoms in total. The van der Waals surface area contributed by atoms with E-state index in [1.807, 2.05) is 4.72 Å². The number of hydrogen-bond donors (Lipinski definition) is 2. The maximum atomic E-state index is 12.7. The van der Waals surface area contributed by atoms with Crippen LogP contribution < -0.4 is 10.0 Å². The summed E-state index contributed by atoms with van der Waals surface area (Å²) in [5.41, 5.74) is 0. The summed E-state index contributed by atoms with van der Waals surface area (Å²) in [6.45, 7) is -0.590. The summed E-state index contributed by atoms with van der Waals surface area (Å²) >= 11 is 0. The van der Waals surface area contributed by atoms with Gasteiger partial charge >= 0.3 is 5.97 Å². The summed E-state index contributed by atoms with van der Waals surface area (Å²) in [6, 6.07) is 4.09. The molecule has 0 aliphatic rings. The Morgan fingerprint density at radius 2 is 1.87 bits per heavy atom. The SMILES string of the molecule is COCCNC(=O)COC(=O)CNS(=O)(=O)c1ccc(F)cc1. The van der Waals surface area contributed by atoms with E-state index >= 15 is 0 Å². The largest absolute Gasteiger partial charge is 0.455 e. The topological polar surface area (TPSA) is 111 Å². The smallest absolute Gasteiger partial charge is 0.321 e. The van der Waals surface area contributed by atoms with Gasteiger partial charge in [0.25, 0.3) is 5.91 Å². The van der Waals surface area contributed by atoms with E-state index in [2.05, 4.69) is 10.1 Å². The number of esters is 1. The molecule has 0 radical (unpaired) electrons. The average Bonchev–Trinajstić information content (AvgIpc) is 2.52. The molecule has 128 valence electrons. The third kappa shape index (κ3) is 7.17. The molecular formula is C13H17FN2O6S. The molecule has 1 aromatic carbocycles. The maximum absolute atomic E-state index is 12.7. The van der Waals surface area contributed by atoms with Gasteiger partial charge in [0, 0.05) is 13.7 Å². The standard InChI is InChI=1S/C13H17FN2O6S/c1-21-7-6-15-12(17)9-22-13(18)8-16-23(19,20)11-4-2-10(14)3-5-11/h2-5,16H,6-9H2,1H3,(H,15,17). The molecule has 0 heterocycles. The second-order valence-corrected chi connectivity index (χ2v) is 6.05. The van der Waals surface area contributed by atoms with Crippen LogP contribution in [0, 0.1) is 5.82 Å². The number of sulfonamides is 1. The minimum absolute atomic E-state index is 0.191. The van der Waals surface area contributed by atoms with Crippen molar-refractivity contribution >= 4 is 21.9 Å². The summed E-state index contributed by atoms with van der Waals surface area (Å²) in [7, 11) is -2.49. The number of nitrogens with one attached hydrogen (secondary N) is 2. The third-order valence-corrected chi connectivity index (χ3v) is 3.94. The van der Waals surface area contributed by atoms with Crippen molar-refractivity contribution in [2.75, 3.05) is 33.4 Å². The molecule has 0 spiro atoms. The highest BCUT2D eigenvalue weighted by Gasteiger charge is 2.16. The average molecular weight is 348 g/mol. The van der Waals surface area contributed by atoms with Crippen LogP contribution in [-0.4, -0.2) is 53.7 Å². The molecule has 1 aromatic rings. The lowest BCUT2D eigenvalue weighted by Gasteiger charge is -2.08.